The van der Waals surface area contributed by atoms with E-state index >= 15 is 0 Å². The summed E-state index contributed by atoms with van der Waals surface area (Å²) in [7, 11) is 0. The molecule has 0 radical (unpaired) electrons. The van der Waals surface area contributed by atoms with Gasteiger partial charge in [-0.3, -0.25) is 10.1 Å². The number of anilines is 1. The molecule has 1 aromatic rings. The van der Waals surface area contributed by atoms with E-state index in [1.165, 1.54) is 0 Å². The highest BCUT2D eigenvalue weighted by Crippen LogP contribution is 2.18. The van der Waals surface area contributed by atoms with Crippen molar-refractivity contribution in [2.24, 2.45) is 0 Å². The van der Waals surface area contributed by atoms with E-state index in [9.17, 15) is 27.6 Å². The second kappa shape index (κ2) is 7.24. The summed E-state index contributed by atoms with van der Waals surface area (Å²) in [4.78, 5) is 32.5. The number of benzene rings is 1. The largest absolute Gasteiger partial charge is 0.480 e. The number of hydrogen-bond donors (Lipinski definition) is 3. The van der Waals surface area contributed by atoms with E-state index < -0.39 is 54.3 Å². The van der Waals surface area contributed by atoms with Gasteiger partial charge in [-0.15, -0.1) is 0 Å². The lowest BCUT2D eigenvalue weighted by Crippen LogP contribution is -2.37. The van der Waals surface area contributed by atoms with Gasteiger partial charge in [0.1, 0.15) is 19.0 Å². The van der Waals surface area contributed by atoms with Gasteiger partial charge in [-0.05, 0) is 0 Å². The molecular formula is C11H9F3N2O5. The Morgan fingerprint density at radius 2 is 1.81 bits per heavy atom. The Bertz CT molecular complexity index is 579. The lowest BCUT2D eigenvalue weighted by atomic mass is 10.3. The molecule has 0 aliphatic heterocycles. The SMILES string of the molecule is O=C(O)COCC(=O)NC(=O)Nc1cc(F)cc(F)c1F. The molecule has 0 saturated carbocycles. The number of carbonyl (C=O) groups excluding carboxylic acids is 2. The molecule has 10 heteroatoms. The van der Waals surface area contributed by atoms with Gasteiger partial charge in [0.15, 0.2) is 11.6 Å². The van der Waals surface area contributed by atoms with Crippen LogP contribution in [0.3, 0.4) is 0 Å². The Morgan fingerprint density at radius 3 is 2.43 bits per heavy atom. The maximum absolute atomic E-state index is 13.2. The fourth-order valence-electron chi connectivity index (χ4n) is 1.19. The summed E-state index contributed by atoms with van der Waals surface area (Å²) in [6.07, 6.45) is 0. The van der Waals surface area contributed by atoms with Crippen LogP contribution in [0.2, 0.25) is 0 Å². The zero-order chi connectivity index (χ0) is 16.0. The third-order valence-corrected chi connectivity index (χ3v) is 1.95. The van der Waals surface area contributed by atoms with Gasteiger partial charge in [-0.2, -0.15) is 0 Å². The first-order chi connectivity index (χ1) is 9.79. The number of imide groups is 1. The van der Waals surface area contributed by atoms with Gasteiger partial charge in [-0.1, -0.05) is 0 Å². The maximum Gasteiger partial charge on any atom is 0.329 e. The predicted octanol–water partition coefficient (Wildman–Crippen LogP) is 0.853. The fraction of sp³-hybridized carbons (Fsp3) is 0.182. The van der Waals surface area contributed by atoms with E-state index in [0.717, 1.165) is 0 Å². The molecule has 0 aromatic heterocycles. The molecule has 0 bridgehead atoms. The molecule has 1 aromatic carbocycles. The monoisotopic (exact) mass is 306 g/mol. The molecule has 0 heterocycles. The lowest BCUT2D eigenvalue weighted by Gasteiger charge is -2.08. The van der Waals surface area contributed by atoms with E-state index in [1.807, 2.05) is 0 Å². The van der Waals surface area contributed by atoms with Crippen molar-refractivity contribution in [1.29, 1.82) is 0 Å². The van der Waals surface area contributed by atoms with Gasteiger partial charge in [0, 0.05) is 12.1 Å². The average molecular weight is 306 g/mol. The number of ether oxygens (including phenoxy) is 1. The Labute approximate surface area is 115 Å². The van der Waals surface area contributed by atoms with Crippen molar-refractivity contribution < 1.29 is 37.4 Å². The molecule has 0 aliphatic carbocycles. The van der Waals surface area contributed by atoms with Crippen molar-refractivity contribution in [1.82, 2.24) is 5.32 Å². The van der Waals surface area contributed by atoms with E-state index in [1.54, 1.807) is 10.6 Å². The van der Waals surface area contributed by atoms with Crippen LogP contribution in [0.4, 0.5) is 23.7 Å². The van der Waals surface area contributed by atoms with Crippen LogP contribution in [0.1, 0.15) is 0 Å². The smallest absolute Gasteiger partial charge is 0.329 e. The van der Waals surface area contributed by atoms with E-state index in [4.69, 9.17) is 5.11 Å². The number of urea groups is 1. The summed E-state index contributed by atoms with van der Waals surface area (Å²) < 4.78 is 43.3. The average Bonchev–Trinajstić information content (AvgIpc) is 2.34. The van der Waals surface area contributed by atoms with Gasteiger partial charge in [0.2, 0.25) is 0 Å². The lowest BCUT2D eigenvalue weighted by molar-refractivity contribution is -0.143. The van der Waals surface area contributed by atoms with E-state index in [-0.39, 0.29) is 6.07 Å². The van der Waals surface area contributed by atoms with Crippen LogP contribution in [0.25, 0.3) is 0 Å². The van der Waals surface area contributed by atoms with Gasteiger partial charge >= 0.3 is 12.0 Å². The topological polar surface area (TPSA) is 105 Å². The summed E-state index contributed by atoms with van der Waals surface area (Å²) in [6.45, 7) is -1.49. The quantitative estimate of drug-likeness (QED) is 0.700. The predicted molar refractivity (Wildman–Crippen MR) is 61.9 cm³/mol. The number of carboxylic acids is 1. The molecule has 21 heavy (non-hydrogen) atoms. The van der Waals surface area contributed by atoms with Crippen LogP contribution in [-0.2, 0) is 14.3 Å². The third-order valence-electron chi connectivity index (χ3n) is 1.95. The summed E-state index contributed by atoms with van der Waals surface area (Å²) in [5, 5.41) is 11.6. The van der Waals surface area contributed by atoms with Gasteiger partial charge in [-0.25, -0.2) is 22.8 Å². The molecule has 0 fully saturated rings. The van der Waals surface area contributed by atoms with Gasteiger partial charge < -0.3 is 15.2 Å². The maximum atomic E-state index is 13.2. The molecule has 3 N–H and O–H groups in total. The Balaban J connectivity index is 2.54. The van der Waals surface area contributed by atoms with Crippen molar-refractivity contribution in [3.63, 3.8) is 0 Å². The fourth-order valence-corrected chi connectivity index (χ4v) is 1.19. The number of hydrogen-bond acceptors (Lipinski definition) is 4. The van der Waals surface area contributed by atoms with Gasteiger partial charge in [0.05, 0.1) is 5.69 Å². The van der Waals surface area contributed by atoms with Crippen molar-refractivity contribution >= 4 is 23.6 Å². The second-order valence-electron chi connectivity index (χ2n) is 3.64. The number of carboxylic acid groups (broad SMARTS) is 1. The third kappa shape index (κ3) is 5.48. The number of nitrogens with one attached hydrogen (secondary N) is 2. The first-order valence-corrected chi connectivity index (χ1v) is 5.34. The summed E-state index contributed by atoms with van der Waals surface area (Å²) >= 11 is 0. The summed E-state index contributed by atoms with van der Waals surface area (Å²) in [5.41, 5.74) is -0.802. The standard InChI is InChI=1S/C11H9F3N2O5/c12-5-1-6(13)10(14)7(2-5)15-11(20)16-8(17)3-21-4-9(18)19/h1-2H,3-4H2,(H,18,19)(H2,15,16,17,20). The zero-order valence-corrected chi connectivity index (χ0v) is 10.3. The molecule has 0 unspecified atom stereocenters. The Morgan fingerprint density at radius 1 is 1.14 bits per heavy atom. The van der Waals surface area contributed by atoms with Crippen LogP contribution in [0.5, 0.6) is 0 Å². The first-order valence-electron chi connectivity index (χ1n) is 5.34. The Hall–Kier alpha value is -2.62. The second-order valence-corrected chi connectivity index (χ2v) is 3.64. The van der Waals surface area contributed by atoms with E-state index in [0.29, 0.717) is 6.07 Å². The minimum atomic E-state index is -1.51. The van der Waals surface area contributed by atoms with Crippen molar-refractivity contribution in [3.05, 3.63) is 29.6 Å². The molecule has 0 spiro atoms. The molecule has 0 aliphatic rings. The summed E-state index contributed by atoms with van der Waals surface area (Å²) in [5.74, 6) is -6.47. The molecular weight excluding hydrogens is 297 g/mol. The number of rotatable bonds is 5. The molecule has 7 nitrogen and oxygen atoms in total. The van der Waals surface area contributed by atoms with Crippen LogP contribution in [-0.4, -0.2) is 36.2 Å². The van der Waals surface area contributed by atoms with Crippen molar-refractivity contribution in [2.45, 2.75) is 0 Å². The van der Waals surface area contributed by atoms with Crippen LogP contribution >= 0.6 is 0 Å². The minimum absolute atomic E-state index is 0.281. The van der Waals surface area contributed by atoms with Crippen molar-refractivity contribution in [3.8, 4) is 0 Å². The van der Waals surface area contributed by atoms with E-state index in [2.05, 4.69) is 4.74 Å². The van der Waals surface area contributed by atoms with Gasteiger partial charge in [0.25, 0.3) is 5.91 Å². The van der Waals surface area contributed by atoms with Crippen LogP contribution < -0.4 is 10.6 Å². The highest BCUT2D eigenvalue weighted by atomic mass is 19.2. The van der Waals surface area contributed by atoms with Crippen LogP contribution in [0, 0.1) is 17.5 Å². The Kier molecular flexibility index (Phi) is 5.67. The zero-order valence-electron chi connectivity index (χ0n) is 10.3. The van der Waals surface area contributed by atoms with Crippen LogP contribution in [0.15, 0.2) is 12.1 Å². The molecule has 0 saturated heterocycles. The first kappa shape index (κ1) is 16.4. The van der Waals surface area contributed by atoms with Crippen molar-refractivity contribution in [2.75, 3.05) is 18.5 Å². The molecule has 1 rings (SSSR count). The number of carbonyl (C=O) groups is 3. The molecule has 3 amide bonds. The number of halogens is 3. The number of amides is 3. The number of aliphatic carboxylic acids is 1. The highest BCUT2D eigenvalue weighted by molar-refractivity contribution is 6.01. The molecule has 114 valence electrons. The molecule has 0 atom stereocenters. The highest BCUT2D eigenvalue weighted by Gasteiger charge is 2.15. The summed E-state index contributed by atoms with van der Waals surface area (Å²) in [6, 6.07) is -0.463. The minimum Gasteiger partial charge on any atom is -0.480 e. The normalized spacial score (nSPS) is 10.0.